The van der Waals surface area contributed by atoms with Crippen LogP contribution in [0, 0.1) is 0 Å². The molecule has 2 atom stereocenters. The highest BCUT2D eigenvalue weighted by Gasteiger charge is 2.24. The smallest absolute Gasteiger partial charge is 0.210 e. The molecule has 0 aliphatic heterocycles. The maximum Gasteiger partial charge on any atom is 0.210 e. The zero-order valence-corrected chi connectivity index (χ0v) is 8.36. The first kappa shape index (κ1) is 9.92. The van der Waals surface area contributed by atoms with E-state index in [0.29, 0.717) is 10.6 Å². The van der Waals surface area contributed by atoms with Crippen LogP contribution < -0.4 is 0 Å². The minimum Gasteiger partial charge on any atom is -0.571 e. The molecule has 0 heterocycles. The van der Waals surface area contributed by atoms with Crippen molar-refractivity contribution in [1.29, 1.82) is 0 Å². The molecule has 2 unspecified atom stereocenters. The quantitative estimate of drug-likeness (QED) is 0.550. The van der Waals surface area contributed by atoms with Gasteiger partial charge in [-0.1, -0.05) is 18.2 Å². The van der Waals surface area contributed by atoms with Crippen molar-refractivity contribution < 1.29 is 9.11 Å². The third-order valence-corrected chi connectivity index (χ3v) is 5.10. The van der Waals surface area contributed by atoms with E-state index in [4.69, 9.17) is 0 Å². The SMILES string of the molecule is CC[S+]([O-])[S+]([O-])c1ccccc1. The summed E-state index contributed by atoms with van der Waals surface area (Å²) >= 11 is 0. The third-order valence-electron chi connectivity index (χ3n) is 1.34. The van der Waals surface area contributed by atoms with Gasteiger partial charge >= 0.3 is 0 Å². The van der Waals surface area contributed by atoms with E-state index < -0.39 is 20.4 Å². The fourth-order valence-electron chi connectivity index (χ4n) is 0.746. The molecule has 4 heteroatoms. The summed E-state index contributed by atoms with van der Waals surface area (Å²) in [5, 5.41) is 0. The van der Waals surface area contributed by atoms with Gasteiger partial charge in [-0.15, -0.1) is 0 Å². The third kappa shape index (κ3) is 2.42. The summed E-state index contributed by atoms with van der Waals surface area (Å²) < 4.78 is 22.5. The Labute approximate surface area is 77.8 Å². The van der Waals surface area contributed by atoms with Gasteiger partial charge in [-0.25, -0.2) is 0 Å². The standard InChI is InChI=1S/C8H10O2S2/c1-2-11(9)12(10)8-6-4-3-5-7-8/h3-7H,2H2,1H3. The summed E-state index contributed by atoms with van der Waals surface area (Å²) in [6.45, 7) is 1.76. The Hall–Kier alpha value is -0.160. The first-order chi connectivity index (χ1) is 5.75. The molecule has 12 heavy (non-hydrogen) atoms. The molecule has 0 N–H and O–H groups in total. The van der Waals surface area contributed by atoms with Crippen LogP contribution in [0.3, 0.4) is 0 Å². The van der Waals surface area contributed by atoms with Gasteiger partial charge in [0, 0.05) is 0 Å². The second-order valence-electron chi connectivity index (χ2n) is 2.14. The summed E-state index contributed by atoms with van der Waals surface area (Å²) in [7, 11) is -2.61. The lowest BCUT2D eigenvalue weighted by Crippen LogP contribution is -2.17. The maximum atomic E-state index is 11.4. The largest absolute Gasteiger partial charge is 0.571 e. The van der Waals surface area contributed by atoms with Crippen LogP contribution in [-0.2, 0) is 20.4 Å². The molecular formula is C8H10O2S2. The molecule has 0 amide bonds. The minimum absolute atomic E-state index is 0.432. The van der Waals surface area contributed by atoms with Crippen molar-refractivity contribution in [3.8, 4) is 0 Å². The Morgan fingerprint density at radius 1 is 1.17 bits per heavy atom. The molecule has 0 radical (unpaired) electrons. The first-order valence-corrected chi connectivity index (χ1v) is 6.60. The molecule has 0 aromatic heterocycles. The molecular weight excluding hydrogens is 192 g/mol. The Kier molecular flexibility index (Phi) is 3.94. The topological polar surface area (TPSA) is 46.1 Å². The van der Waals surface area contributed by atoms with Gasteiger partial charge in [0.2, 0.25) is 15.1 Å². The van der Waals surface area contributed by atoms with E-state index in [9.17, 15) is 9.11 Å². The van der Waals surface area contributed by atoms with Crippen LogP contribution in [0.15, 0.2) is 35.2 Å². The lowest BCUT2D eigenvalue weighted by molar-refractivity contribution is 0.583. The average molecular weight is 202 g/mol. The summed E-state index contributed by atoms with van der Waals surface area (Å²) in [4.78, 5) is 0.637. The van der Waals surface area contributed by atoms with Crippen molar-refractivity contribution in [2.24, 2.45) is 0 Å². The van der Waals surface area contributed by atoms with E-state index in [0.717, 1.165) is 0 Å². The van der Waals surface area contributed by atoms with Crippen LogP contribution in [0.2, 0.25) is 0 Å². The Balaban J connectivity index is 2.71. The number of hydrogen-bond acceptors (Lipinski definition) is 2. The second-order valence-corrected chi connectivity index (χ2v) is 6.29. The van der Waals surface area contributed by atoms with Gasteiger partial charge in [0.25, 0.3) is 0 Å². The van der Waals surface area contributed by atoms with Crippen LogP contribution in [0.1, 0.15) is 6.92 Å². The number of rotatable bonds is 3. The lowest BCUT2D eigenvalue weighted by Gasteiger charge is -2.09. The summed E-state index contributed by atoms with van der Waals surface area (Å²) in [6.07, 6.45) is 0. The van der Waals surface area contributed by atoms with Crippen molar-refractivity contribution in [3.63, 3.8) is 0 Å². The van der Waals surface area contributed by atoms with Gasteiger partial charge in [0.05, 0.1) is 0 Å². The summed E-state index contributed by atoms with van der Waals surface area (Å²) in [5.74, 6) is 0.432. The van der Waals surface area contributed by atoms with Gasteiger partial charge in [-0.3, -0.25) is 0 Å². The Morgan fingerprint density at radius 2 is 1.75 bits per heavy atom. The van der Waals surface area contributed by atoms with Gasteiger partial charge in [-0.2, -0.15) is 0 Å². The molecule has 1 aromatic rings. The van der Waals surface area contributed by atoms with Gasteiger partial charge in [-0.05, 0) is 19.1 Å². The molecule has 0 saturated heterocycles. The molecule has 0 aliphatic rings. The molecule has 0 aliphatic carbocycles. The molecule has 0 fully saturated rings. The molecule has 66 valence electrons. The Bertz CT molecular complexity index is 228. The highest BCUT2D eigenvalue weighted by atomic mass is 33.2. The second kappa shape index (κ2) is 4.77. The van der Waals surface area contributed by atoms with Crippen molar-refractivity contribution >= 4 is 20.4 Å². The predicted octanol–water partition coefficient (Wildman–Crippen LogP) is 1.48. The van der Waals surface area contributed by atoms with Crippen LogP contribution in [0.4, 0.5) is 0 Å². The van der Waals surface area contributed by atoms with Crippen molar-refractivity contribution in [2.75, 3.05) is 5.75 Å². The van der Waals surface area contributed by atoms with Crippen molar-refractivity contribution in [1.82, 2.24) is 0 Å². The van der Waals surface area contributed by atoms with Crippen molar-refractivity contribution in [2.45, 2.75) is 11.8 Å². The van der Waals surface area contributed by atoms with Gasteiger partial charge in [0.15, 0.2) is 16.0 Å². The monoisotopic (exact) mass is 202 g/mol. The van der Waals surface area contributed by atoms with Crippen LogP contribution in [0.5, 0.6) is 0 Å². The summed E-state index contributed by atoms with van der Waals surface area (Å²) in [5.41, 5.74) is 0. The van der Waals surface area contributed by atoms with Gasteiger partial charge < -0.3 is 9.11 Å². The zero-order valence-electron chi connectivity index (χ0n) is 6.73. The van der Waals surface area contributed by atoms with E-state index in [1.54, 1.807) is 31.2 Å². The molecule has 2 nitrogen and oxygen atoms in total. The van der Waals surface area contributed by atoms with E-state index in [1.165, 1.54) is 0 Å². The Morgan fingerprint density at radius 3 is 2.25 bits per heavy atom. The van der Waals surface area contributed by atoms with Gasteiger partial charge in [0.1, 0.15) is 0 Å². The highest BCUT2D eigenvalue weighted by Crippen LogP contribution is 2.16. The molecule has 0 bridgehead atoms. The van der Waals surface area contributed by atoms with Crippen molar-refractivity contribution in [3.05, 3.63) is 30.3 Å². The average Bonchev–Trinajstić information content (AvgIpc) is 2.17. The number of benzene rings is 1. The first-order valence-electron chi connectivity index (χ1n) is 3.61. The zero-order chi connectivity index (χ0) is 8.97. The van der Waals surface area contributed by atoms with E-state index in [-0.39, 0.29) is 0 Å². The van der Waals surface area contributed by atoms with Crippen LogP contribution in [-0.4, -0.2) is 14.9 Å². The predicted molar refractivity (Wildman–Crippen MR) is 51.5 cm³/mol. The molecule has 0 spiro atoms. The van der Waals surface area contributed by atoms with E-state index in [2.05, 4.69) is 0 Å². The molecule has 0 saturated carbocycles. The molecule has 1 rings (SSSR count). The normalized spacial score (nSPS) is 15.6. The minimum atomic E-state index is -1.36. The lowest BCUT2D eigenvalue weighted by atomic mass is 10.4. The maximum absolute atomic E-state index is 11.4. The fraction of sp³-hybridized carbons (Fsp3) is 0.250. The van der Waals surface area contributed by atoms with E-state index in [1.807, 2.05) is 6.07 Å². The van der Waals surface area contributed by atoms with Crippen LogP contribution in [0.25, 0.3) is 0 Å². The summed E-state index contributed by atoms with van der Waals surface area (Å²) in [6, 6.07) is 8.88. The highest BCUT2D eigenvalue weighted by molar-refractivity contribution is 8.67. The molecule has 1 aromatic carbocycles. The fourth-order valence-corrected chi connectivity index (χ4v) is 3.17. The van der Waals surface area contributed by atoms with E-state index >= 15 is 0 Å². The number of hydrogen-bond donors (Lipinski definition) is 0. The van der Waals surface area contributed by atoms with Crippen LogP contribution >= 0.6 is 0 Å².